The Hall–Kier alpha value is -1.49. The van der Waals surface area contributed by atoms with Crippen LogP contribution in [0.3, 0.4) is 0 Å². The van der Waals surface area contributed by atoms with Gasteiger partial charge in [0.1, 0.15) is 0 Å². The zero-order valence-electron chi connectivity index (χ0n) is 17.6. The van der Waals surface area contributed by atoms with Crippen molar-refractivity contribution in [1.82, 2.24) is 9.62 Å². The summed E-state index contributed by atoms with van der Waals surface area (Å²) in [5.74, 6) is 0.588. The lowest BCUT2D eigenvalue weighted by molar-refractivity contribution is 0.0533. The molecular weight excluding hydrogens is 364 g/mol. The molecule has 1 aliphatic carbocycles. The SMILES string of the molecule is CC(NS(=O)C(C)(C)C)C1CC(N(Cc2ccccc2)Cc2ccccc2)C1. The quantitative estimate of drug-likeness (QED) is 0.685. The maximum Gasteiger partial charge on any atom is 0.0972 e. The first-order valence-electron chi connectivity index (χ1n) is 10.3. The van der Waals surface area contributed by atoms with E-state index in [1.165, 1.54) is 11.1 Å². The molecule has 0 saturated heterocycles. The Labute approximate surface area is 173 Å². The lowest BCUT2D eigenvalue weighted by Gasteiger charge is -2.46. The zero-order valence-corrected chi connectivity index (χ0v) is 18.4. The second-order valence-corrected chi connectivity index (χ2v) is 11.0. The van der Waals surface area contributed by atoms with E-state index < -0.39 is 11.0 Å². The summed E-state index contributed by atoms with van der Waals surface area (Å²) >= 11 is 0. The molecular formula is C24H34N2OS. The van der Waals surface area contributed by atoms with Gasteiger partial charge >= 0.3 is 0 Å². The molecule has 2 aromatic rings. The summed E-state index contributed by atoms with van der Waals surface area (Å²) in [4.78, 5) is 2.61. The summed E-state index contributed by atoms with van der Waals surface area (Å²) in [7, 11) is -1.00. The molecule has 0 bridgehead atoms. The summed E-state index contributed by atoms with van der Waals surface area (Å²) in [6.45, 7) is 10.2. The average Bonchev–Trinajstić information content (AvgIpc) is 2.61. The maximum atomic E-state index is 12.4. The first kappa shape index (κ1) is 21.2. The van der Waals surface area contributed by atoms with Crippen LogP contribution in [0.1, 0.15) is 51.7 Å². The third-order valence-corrected chi connectivity index (χ3v) is 7.38. The molecule has 1 saturated carbocycles. The van der Waals surface area contributed by atoms with Crippen LogP contribution in [0.4, 0.5) is 0 Å². The Morgan fingerprint density at radius 3 is 1.86 bits per heavy atom. The molecule has 28 heavy (non-hydrogen) atoms. The maximum absolute atomic E-state index is 12.4. The number of rotatable bonds is 8. The van der Waals surface area contributed by atoms with Gasteiger partial charge in [0.2, 0.25) is 0 Å². The third-order valence-electron chi connectivity index (χ3n) is 5.68. The predicted octanol–water partition coefficient (Wildman–Crippen LogP) is 4.91. The molecule has 4 heteroatoms. The highest BCUT2D eigenvalue weighted by Gasteiger charge is 2.37. The number of hydrogen-bond acceptors (Lipinski definition) is 2. The van der Waals surface area contributed by atoms with Gasteiger partial charge in [-0.1, -0.05) is 60.7 Å². The van der Waals surface area contributed by atoms with Crippen molar-refractivity contribution in [2.45, 2.75) is 70.5 Å². The molecule has 0 radical (unpaired) electrons. The van der Waals surface area contributed by atoms with Crippen LogP contribution in [-0.4, -0.2) is 25.9 Å². The summed E-state index contributed by atoms with van der Waals surface area (Å²) in [5, 5.41) is 0. The molecule has 3 nitrogen and oxygen atoms in total. The van der Waals surface area contributed by atoms with Gasteiger partial charge in [-0.05, 0) is 57.6 Å². The van der Waals surface area contributed by atoms with Gasteiger partial charge in [-0.25, -0.2) is 8.93 Å². The van der Waals surface area contributed by atoms with Crippen molar-refractivity contribution in [3.8, 4) is 0 Å². The van der Waals surface area contributed by atoms with Crippen molar-refractivity contribution in [3.05, 3.63) is 71.8 Å². The van der Waals surface area contributed by atoms with E-state index in [2.05, 4.69) is 77.2 Å². The average molecular weight is 399 g/mol. The number of hydrogen-bond donors (Lipinski definition) is 1. The molecule has 0 aromatic heterocycles. The van der Waals surface area contributed by atoms with Crippen LogP contribution in [0.15, 0.2) is 60.7 Å². The van der Waals surface area contributed by atoms with Crippen LogP contribution >= 0.6 is 0 Å². The predicted molar refractivity (Wildman–Crippen MR) is 119 cm³/mol. The number of nitrogens with zero attached hydrogens (tertiary/aromatic N) is 1. The van der Waals surface area contributed by atoms with Crippen molar-refractivity contribution >= 4 is 11.0 Å². The minimum atomic E-state index is -1.00. The second kappa shape index (κ2) is 9.34. The minimum absolute atomic E-state index is 0.218. The molecule has 0 aliphatic heterocycles. The van der Waals surface area contributed by atoms with E-state index in [1.54, 1.807) is 0 Å². The molecule has 2 atom stereocenters. The van der Waals surface area contributed by atoms with Crippen LogP contribution in [-0.2, 0) is 24.1 Å². The van der Waals surface area contributed by atoms with Crippen molar-refractivity contribution < 1.29 is 4.21 Å². The van der Waals surface area contributed by atoms with Gasteiger partial charge in [0.25, 0.3) is 0 Å². The Morgan fingerprint density at radius 2 is 1.43 bits per heavy atom. The third kappa shape index (κ3) is 5.76. The van der Waals surface area contributed by atoms with Gasteiger partial charge in [0.15, 0.2) is 0 Å². The highest BCUT2D eigenvalue weighted by atomic mass is 32.2. The van der Waals surface area contributed by atoms with E-state index in [0.717, 1.165) is 25.9 Å². The topological polar surface area (TPSA) is 32.3 Å². The van der Waals surface area contributed by atoms with E-state index in [-0.39, 0.29) is 10.8 Å². The smallest absolute Gasteiger partial charge is 0.0972 e. The van der Waals surface area contributed by atoms with E-state index in [1.807, 2.05) is 20.8 Å². The van der Waals surface area contributed by atoms with Gasteiger partial charge in [-0.2, -0.15) is 0 Å². The number of nitrogens with one attached hydrogen (secondary N) is 1. The molecule has 2 aromatic carbocycles. The molecule has 0 spiro atoms. The van der Waals surface area contributed by atoms with Gasteiger partial charge in [0, 0.05) is 25.2 Å². The molecule has 0 amide bonds. The van der Waals surface area contributed by atoms with E-state index in [9.17, 15) is 4.21 Å². The van der Waals surface area contributed by atoms with Gasteiger partial charge < -0.3 is 0 Å². The van der Waals surface area contributed by atoms with Crippen LogP contribution < -0.4 is 4.72 Å². The largest absolute Gasteiger partial charge is 0.292 e. The fourth-order valence-electron chi connectivity index (χ4n) is 3.73. The van der Waals surface area contributed by atoms with Crippen molar-refractivity contribution in [2.75, 3.05) is 0 Å². The van der Waals surface area contributed by atoms with Gasteiger partial charge in [-0.15, -0.1) is 0 Å². The van der Waals surface area contributed by atoms with Crippen LogP contribution in [0.2, 0.25) is 0 Å². The molecule has 3 rings (SSSR count). The highest BCUT2D eigenvalue weighted by molar-refractivity contribution is 7.84. The molecule has 1 fully saturated rings. The first-order valence-corrected chi connectivity index (χ1v) is 11.5. The van der Waals surface area contributed by atoms with Crippen molar-refractivity contribution in [2.24, 2.45) is 5.92 Å². The standard InChI is InChI=1S/C24H34N2OS/c1-19(25-28(27)24(2,3)4)22-15-23(16-22)26(17-20-11-7-5-8-12-20)18-21-13-9-6-10-14-21/h5-14,19,22-23,25H,15-18H2,1-4H3. The minimum Gasteiger partial charge on any atom is -0.292 e. The fraction of sp³-hybridized carbons (Fsp3) is 0.500. The molecule has 1 aliphatic rings. The lowest BCUT2D eigenvalue weighted by Crippen LogP contribution is -2.51. The molecule has 152 valence electrons. The number of benzene rings is 2. The van der Waals surface area contributed by atoms with Crippen LogP contribution in [0, 0.1) is 5.92 Å². The fourth-order valence-corrected chi connectivity index (χ4v) is 4.61. The molecule has 2 unspecified atom stereocenters. The Bertz CT molecular complexity index is 710. The first-order chi connectivity index (χ1) is 13.3. The summed E-state index contributed by atoms with van der Waals surface area (Å²) in [5.41, 5.74) is 2.73. The van der Waals surface area contributed by atoms with Crippen LogP contribution in [0.25, 0.3) is 0 Å². The summed E-state index contributed by atoms with van der Waals surface area (Å²) < 4.78 is 15.5. The Kier molecular flexibility index (Phi) is 7.08. The van der Waals surface area contributed by atoms with Crippen LogP contribution in [0.5, 0.6) is 0 Å². The van der Waals surface area contributed by atoms with Gasteiger partial charge in [0.05, 0.1) is 15.7 Å². The normalized spacial score (nSPS) is 21.9. The Balaban J connectivity index is 1.61. The lowest BCUT2D eigenvalue weighted by atomic mass is 9.75. The molecule has 0 heterocycles. The van der Waals surface area contributed by atoms with Crippen molar-refractivity contribution in [3.63, 3.8) is 0 Å². The van der Waals surface area contributed by atoms with E-state index >= 15 is 0 Å². The highest BCUT2D eigenvalue weighted by Crippen LogP contribution is 2.36. The van der Waals surface area contributed by atoms with E-state index in [0.29, 0.717) is 12.0 Å². The second-order valence-electron chi connectivity index (χ2n) is 9.05. The monoisotopic (exact) mass is 398 g/mol. The summed E-state index contributed by atoms with van der Waals surface area (Å²) in [6, 6.07) is 22.3. The zero-order chi connectivity index (χ0) is 20.1. The Morgan fingerprint density at radius 1 is 0.964 bits per heavy atom. The van der Waals surface area contributed by atoms with E-state index in [4.69, 9.17) is 0 Å². The molecule has 1 N–H and O–H groups in total. The van der Waals surface area contributed by atoms with Gasteiger partial charge in [-0.3, -0.25) is 4.90 Å². The summed E-state index contributed by atoms with van der Waals surface area (Å²) in [6.07, 6.45) is 2.32. The van der Waals surface area contributed by atoms with Crippen molar-refractivity contribution in [1.29, 1.82) is 0 Å².